The van der Waals surface area contributed by atoms with Crippen molar-refractivity contribution in [1.29, 1.82) is 0 Å². The molecule has 0 radical (unpaired) electrons. The van der Waals surface area contributed by atoms with Gasteiger partial charge in [0.25, 0.3) is 0 Å². The molecule has 19 heavy (non-hydrogen) atoms. The Labute approximate surface area is 120 Å². The third-order valence-corrected chi connectivity index (χ3v) is 3.87. The Morgan fingerprint density at radius 2 is 1.74 bits per heavy atom. The fourth-order valence-electron chi connectivity index (χ4n) is 2.21. The van der Waals surface area contributed by atoms with Crippen LogP contribution in [0.1, 0.15) is 36.1 Å². The fraction of sp³-hybridized carbons (Fsp3) is 0.294. The Balaban J connectivity index is 2.24. The van der Waals surface area contributed by atoms with Gasteiger partial charge in [-0.1, -0.05) is 42.8 Å². The molecule has 0 aliphatic carbocycles. The molecule has 2 aromatic rings. The Morgan fingerprint density at radius 3 is 2.37 bits per heavy atom. The van der Waals surface area contributed by atoms with Gasteiger partial charge < -0.3 is 5.32 Å². The SMILES string of the molecule is CCC(Nc1cccc(C)c1C)c1ccc(Cl)cc1. The first kappa shape index (κ1) is 14.0. The highest BCUT2D eigenvalue weighted by atomic mass is 35.5. The average Bonchev–Trinajstić information content (AvgIpc) is 2.42. The third kappa shape index (κ3) is 3.30. The van der Waals surface area contributed by atoms with Gasteiger partial charge in [-0.25, -0.2) is 0 Å². The number of aryl methyl sites for hydroxylation is 1. The van der Waals surface area contributed by atoms with Gasteiger partial charge in [0, 0.05) is 10.7 Å². The van der Waals surface area contributed by atoms with Crippen molar-refractivity contribution >= 4 is 17.3 Å². The summed E-state index contributed by atoms with van der Waals surface area (Å²) in [5.41, 5.74) is 5.11. The van der Waals surface area contributed by atoms with E-state index in [1.807, 2.05) is 12.1 Å². The number of halogens is 1. The van der Waals surface area contributed by atoms with Gasteiger partial charge in [0.05, 0.1) is 6.04 Å². The highest BCUT2D eigenvalue weighted by molar-refractivity contribution is 6.30. The molecule has 0 spiro atoms. The van der Waals surface area contributed by atoms with Crippen LogP contribution in [0, 0.1) is 13.8 Å². The lowest BCUT2D eigenvalue weighted by Crippen LogP contribution is -2.10. The molecule has 0 fully saturated rings. The lowest BCUT2D eigenvalue weighted by Gasteiger charge is -2.21. The Kier molecular flexibility index (Phi) is 4.49. The van der Waals surface area contributed by atoms with Gasteiger partial charge in [0.1, 0.15) is 0 Å². The van der Waals surface area contributed by atoms with Crippen molar-refractivity contribution in [3.8, 4) is 0 Å². The molecule has 1 N–H and O–H groups in total. The second-order valence-electron chi connectivity index (χ2n) is 4.90. The first-order valence-electron chi connectivity index (χ1n) is 6.70. The van der Waals surface area contributed by atoms with Crippen molar-refractivity contribution in [1.82, 2.24) is 0 Å². The topological polar surface area (TPSA) is 12.0 Å². The molecule has 2 heteroatoms. The number of anilines is 1. The first-order valence-corrected chi connectivity index (χ1v) is 7.08. The van der Waals surface area contributed by atoms with Crippen molar-refractivity contribution in [3.05, 3.63) is 64.2 Å². The Hall–Kier alpha value is -1.47. The molecule has 0 amide bonds. The maximum atomic E-state index is 5.95. The van der Waals surface area contributed by atoms with Crippen LogP contribution < -0.4 is 5.32 Å². The molecule has 100 valence electrons. The number of benzene rings is 2. The minimum Gasteiger partial charge on any atom is -0.378 e. The molecule has 0 heterocycles. The Morgan fingerprint density at radius 1 is 1.05 bits per heavy atom. The lowest BCUT2D eigenvalue weighted by molar-refractivity contribution is 0.748. The summed E-state index contributed by atoms with van der Waals surface area (Å²) >= 11 is 5.95. The van der Waals surface area contributed by atoms with Crippen molar-refractivity contribution in [2.45, 2.75) is 33.2 Å². The molecule has 0 aromatic heterocycles. The highest BCUT2D eigenvalue weighted by Gasteiger charge is 2.10. The van der Waals surface area contributed by atoms with E-state index in [1.165, 1.54) is 22.4 Å². The van der Waals surface area contributed by atoms with Gasteiger partial charge in [-0.15, -0.1) is 0 Å². The van der Waals surface area contributed by atoms with E-state index in [2.05, 4.69) is 56.4 Å². The molecular weight excluding hydrogens is 254 g/mol. The molecule has 2 rings (SSSR count). The standard InChI is InChI=1S/C17H20ClN/c1-4-16(14-8-10-15(18)11-9-14)19-17-7-5-6-12(2)13(17)3/h5-11,16,19H,4H2,1-3H3. The van der Waals surface area contributed by atoms with Crippen LogP contribution in [0.2, 0.25) is 5.02 Å². The van der Waals surface area contributed by atoms with Crippen LogP contribution in [-0.4, -0.2) is 0 Å². The van der Waals surface area contributed by atoms with E-state index in [0.29, 0.717) is 6.04 Å². The largest absolute Gasteiger partial charge is 0.378 e. The molecule has 0 aliphatic rings. The van der Waals surface area contributed by atoms with Crippen LogP contribution in [-0.2, 0) is 0 Å². The van der Waals surface area contributed by atoms with Crippen LogP contribution in [0.4, 0.5) is 5.69 Å². The quantitative estimate of drug-likeness (QED) is 0.773. The van der Waals surface area contributed by atoms with Gasteiger partial charge in [0.2, 0.25) is 0 Å². The first-order chi connectivity index (χ1) is 9.11. The molecule has 1 unspecified atom stereocenters. The van der Waals surface area contributed by atoms with Gasteiger partial charge in [0.15, 0.2) is 0 Å². The molecule has 0 saturated carbocycles. The zero-order valence-electron chi connectivity index (χ0n) is 11.7. The summed E-state index contributed by atoms with van der Waals surface area (Å²) in [6, 6.07) is 14.8. The van der Waals surface area contributed by atoms with Gasteiger partial charge in [-0.2, -0.15) is 0 Å². The molecule has 0 aliphatic heterocycles. The van der Waals surface area contributed by atoms with E-state index in [1.54, 1.807) is 0 Å². The van der Waals surface area contributed by atoms with E-state index >= 15 is 0 Å². The minimum absolute atomic E-state index is 0.317. The van der Waals surface area contributed by atoms with Crippen LogP contribution in [0.3, 0.4) is 0 Å². The normalized spacial score (nSPS) is 12.2. The smallest absolute Gasteiger partial charge is 0.0511 e. The minimum atomic E-state index is 0.317. The highest BCUT2D eigenvalue weighted by Crippen LogP contribution is 2.26. The van der Waals surface area contributed by atoms with E-state index in [-0.39, 0.29) is 0 Å². The van der Waals surface area contributed by atoms with E-state index in [9.17, 15) is 0 Å². The summed E-state index contributed by atoms with van der Waals surface area (Å²) < 4.78 is 0. The molecular formula is C17H20ClN. The van der Waals surface area contributed by atoms with Gasteiger partial charge >= 0.3 is 0 Å². The fourth-order valence-corrected chi connectivity index (χ4v) is 2.34. The zero-order valence-corrected chi connectivity index (χ0v) is 12.5. The summed E-state index contributed by atoms with van der Waals surface area (Å²) in [7, 11) is 0. The predicted octanol–water partition coefficient (Wildman–Crippen LogP) is 5.52. The summed E-state index contributed by atoms with van der Waals surface area (Å²) in [5, 5.41) is 4.41. The number of nitrogens with one attached hydrogen (secondary N) is 1. The summed E-state index contributed by atoms with van der Waals surface area (Å²) in [4.78, 5) is 0. The monoisotopic (exact) mass is 273 g/mol. The van der Waals surface area contributed by atoms with Crippen LogP contribution in [0.5, 0.6) is 0 Å². The zero-order chi connectivity index (χ0) is 13.8. The van der Waals surface area contributed by atoms with E-state index in [0.717, 1.165) is 11.4 Å². The van der Waals surface area contributed by atoms with Crippen molar-refractivity contribution < 1.29 is 0 Å². The van der Waals surface area contributed by atoms with Crippen LogP contribution in [0.25, 0.3) is 0 Å². The van der Waals surface area contributed by atoms with Gasteiger partial charge in [-0.3, -0.25) is 0 Å². The third-order valence-electron chi connectivity index (χ3n) is 3.61. The molecule has 1 nitrogen and oxygen atoms in total. The van der Waals surface area contributed by atoms with Crippen LogP contribution in [0.15, 0.2) is 42.5 Å². The summed E-state index contributed by atoms with van der Waals surface area (Å²) in [6.45, 7) is 6.49. The molecule has 0 bridgehead atoms. The van der Waals surface area contributed by atoms with Crippen molar-refractivity contribution in [2.24, 2.45) is 0 Å². The predicted molar refractivity (Wildman–Crippen MR) is 84.0 cm³/mol. The molecule has 0 saturated heterocycles. The van der Waals surface area contributed by atoms with Crippen LogP contribution >= 0.6 is 11.6 Å². The second kappa shape index (κ2) is 6.12. The number of hydrogen-bond donors (Lipinski definition) is 1. The van der Waals surface area contributed by atoms with Gasteiger partial charge in [-0.05, 0) is 55.2 Å². The second-order valence-corrected chi connectivity index (χ2v) is 5.34. The summed E-state index contributed by atoms with van der Waals surface area (Å²) in [5.74, 6) is 0. The van der Waals surface area contributed by atoms with E-state index in [4.69, 9.17) is 11.6 Å². The Bertz CT molecular complexity index is 546. The number of hydrogen-bond acceptors (Lipinski definition) is 1. The molecule has 2 aromatic carbocycles. The van der Waals surface area contributed by atoms with Crippen molar-refractivity contribution in [2.75, 3.05) is 5.32 Å². The van der Waals surface area contributed by atoms with Crippen molar-refractivity contribution in [3.63, 3.8) is 0 Å². The summed E-state index contributed by atoms with van der Waals surface area (Å²) in [6.07, 6.45) is 1.04. The average molecular weight is 274 g/mol. The lowest BCUT2D eigenvalue weighted by atomic mass is 10.0. The maximum Gasteiger partial charge on any atom is 0.0511 e. The maximum absolute atomic E-state index is 5.95. The number of rotatable bonds is 4. The molecule has 1 atom stereocenters. The van der Waals surface area contributed by atoms with E-state index < -0.39 is 0 Å².